The molecule has 36 heavy (non-hydrogen) atoms. The third kappa shape index (κ3) is 4.21. The molecule has 0 spiro atoms. The summed E-state index contributed by atoms with van der Waals surface area (Å²) in [6, 6.07) is 18.3. The summed E-state index contributed by atoms with van der Waals surface area (Å²) in [4.78, 5) is 40.1. The van der Waals surface area contributed by atoms with Gasteiger partial charge in [0.1, 0.15) is 5.58 Å². The van der Waals surface area contributed by atoms with Crippen LogP contribution in [0.15, 0.2) is 81.0 Å². The van der Waals surface area contributed by atoms with Gasteiger partial charge in [-0.15, -0.1) is 0 Å². The highest BCUT2D eigenvalue weighted by atomic mass is 35.5. The van der Waals surface area contributed by atoms with Gasteiger partial charge in [-0.05, 0) is 30.3 Å². The molecule has 5 aromatic rings. The first kappa shape index (κ1) is 22.9. The molecule has 0 saturated carbocycles. The number of rotatable bonds is 5. The maximum atomic E-state index is 13.4. The van der Waals surface area contributed by atoms with E-state index >= 15 is 0 Å². The zero-order chi connectivity index (χ0) is 25.4. The number of hydrogen-bond acceptors (Lipinski definition) is 8. The first-order valence-corrected chi connectivity index (χ1v) is 10.9. The van der Waals surface area contributed by atoms with Crippen LogP contribution in [0.1, 0.15) is 12.5 Å². The number of nitro benzene ring substituents is 1. The standard InChI is InChI=1S/C25H15ClN4O6/c1-14(31)35-23-18(26)10-15(11-20(23)30(33)34)13-27-29-24(22-12-16-6-2-5-9-21(16)36-22)28-19-8-4-3-7-17(19)25(29)32/h2-13H,1H3. The van der Waals surface area contributed by atoms with Crippen molar-refractivity contribution >= 4 is 51.3 Å². The number of benzene rings is 3. The second-order valence-corrected chi connectivity index (χ2v) is 8.07. The highest BCUT2D eigenvalue weighted by molar-refractivity contribution is 6.32. The lowest BCUT2D eigenvalue weighted by Crippen LogP contribution is -2.20. The minimum Gasteiger partial charge on any atom is -0.453 e. The Morgan fingerprint density at radius 2 is 1.92 bits per heavy atom. The van der Waals surface area contributed by atoms with Gasteiger partial charge in [-0.2, -0.15) is 9.78 Å². The van der Waals surface area contributed by atoms with Gasteiger partial charge in [0.15, 0.2) is 5.76 Å². The Hall–Kier alpha value is -4.83. The highest BCUT2D eigenvalue weighted by Crippen LogP contribution is 2.36. The zero-order valence-electron chi connectivity index (χ0n) is 18.5. The fourth-order valence-corrected chi connectivity index (χ4v) is 3.92. The zero-order valence-corrected chi connectivity index (χ0v) is 19.3. The number of aromatic nitrogens is 2. The van der Waals surface area contributed by atoms with Crippen molar-refractivity contribution in [2.75, 3.05) is 0 Å². The summed E-state index contributed by atoms with van der Waals surface area (Å²) >= 11 is 6.15. The SMILES string of the molecule is CC(=O)Oc1c(Cl)cc(C=Nn2c(-c3cc4ccccc4o3)nc3ccccc3c2=O)cc1[N+](=O)[O-]. The molecule has 11 heteroatoms. The van der Waals surface area contributed by atoms with Gasteiger partial charge in [0.25, 0.3) is 5.56 Å². The molecule has 3 aromatic carbocycles. The summed E-state index contributed by atoms with van der Waals surface area (Å²) in [6.07, 6.45) is 1.22. The van der Waals surface area contributed by atoms with E-state index in [4.69, 9.17) is 20.8 Å². The fourth-order valence-electron chi connectivity index (χ4n) is 3.66. The average Bonchev–Trinajstić information content (AvgIpc) is 3.28. The van der Waals surface area contributed by atoms with E-state index in [1.807, 2.05) is 18.2 Å². The van der Waals surface area contributed by atoms with Crippen LogP contribution in [-0.4, -0.2) is 26.8 Å². The van der Waals surface area contributed by atoms with Gasteiger partial charge >= 0.3 is 11.7 Å². The molecule has 2 aromatic heterocycles. The van der Waals surface area contributed by atoms with E-state index in [9.17, 15) is 19.7 Å². The predicted molar refractivity (Wildman–Crippen MR) is 134 cm³/mol. The molecule has 0 aliphatic rings. The number of furan rings is 1. The Labute approximate surface area is 207 Å². The molecule has 2 heterocycles. The van der Waals surface area contributed by atoms with Crippen LogP contribution in [0, 0.1) is 10.1 Å². The molecule has 0 atom stereocenters. The van der Waals surface area contributed by atoms with E-state index < -0.39 is 22.1 Å². The summed E-state index contributed by atoms with van der Waals surface area (Å²) in [7, 11) is 0. The van der Waals surface area contributed by atoms with Crippen LogP contribution in [0.5, 0.6) is 5.75 Å². The Bertz CT molecular complexity index is 1740. The minimum atomic E-state index is -0.759. The average molecular weight is 503 g/mol. The van der Waals surface area contributed by atoms with E-state index in [-0.39, 0.29) is 22.2 Å². The largest absolute Gasteiger partial charge is 0.453 e. The van der Waals surface area contributed by atoms with Crippen molar-refractivity contribution in [2.45, 2.75) is 6.92 Å². The van der Waals surface area contributed by atoms with Crippen molar-refractivity contribution in [1.82, 2.24) is 9.66 Å². The van der Waals surface area contributed by atoms with Crippen molar-refractivity contribution in [3.05, 3.63) is 97.8 Å². The lowest BCUT2D eigenvalue weighted by molar-refractivity contribution is -0.385. The molecular formula is C25H15ClN4O6. The molecule has 0 saturated heterocycles. The lowest BCUT2D eigenvalue weighted by Gasteiger charge is -2.08. The van der Waals surface area contributed by atoms with Gasteiger partial charge in [-0.1, -0.05) is 41.9 Å². The van der Waals surface area contributed by atoms with Gasteiger partial charge in [-0.3, -0.25) is 19.7 Å². The summed E-state index contributed by atoms with van der Waals surface area (Å²) in [5.74, 6) is -0.682. The highest BCUT2D eigenvalue weighted by Gasteiger charge is 2.22. The molecule has 5 rings (SSSR count). The second-order valence-electron chi connectivity index (χ2n) is 7.66. The topological polar surface area (TPSA) is 130 Å². The molecule has 0 aliphatic carbocycles. The minimum absolute atomic E-state index is 0.142. The smallest absolute Gasteiger partial charge is 0.313 e. The number of nitrogens with zero attached hydrogens (tertiary/aromatic N) is 4. The van der Waals surface area contributed by atoms with Gasteiger partial charge in [-0.25, -0.2) is 4.98 Å². The molecule has 0 unspecified atom stereocenters. The maximum absolute atomic E-state index is 13.4. The second kappa shape index (κ2) is 9.08. The summed E-state index contributed by atoms with van der Waals surface area (Å²) in [5, 5.41) is 16.8. The number of carbonyl (C=O) groups excluding carboxylic acids is 1. The number of esters is 1. The summed E-state index contributed by atoms with van der Waals surface area (Å²) < 4.78 is 11.9. The van der Waals surface area contributed by atoms with Crippen molar-refractivity contribution in [3.8, 4) is 17.3 Å². The van der Waals surface area contributed by atoms with Crippen molar-refractivity contribution in [3.63, 3.8) is 0 Å². The van der Waals surface area contributed by atoms with Crippen LogP contribution in [0.2, 0.25) is 5.02 Å². The van der Waals surface area contributed by atoms with Crippen molar-refractivity contribution in [2.24, 2.45) is 5.10 Å². The van der Waals surface area contributed by atoms with Crippen molar-refractivity contribution < 1.29 is 18.9 Å². The van der Waals surface area contributed by atoms with Crippen LogP contribution >= 0.6 is 11.6 Å². The van der Waals surface area contributed by atoms with Crippen LogP contribution in [0.25, 0.3) is 33.5 Å². The Balaban J connectivity index is 1.68. The number of para-hydroxylation sites is 2. The number of fused-ring (bicyclic) bond motifs is 2. The van der Waals surface area contributed by atoms with Crippen LogP contribution in [-0.2, 0) is 4.79 Å². The number of ether oxygens (including phenoxy) is 1. The molecule has 0 radical (unpaired) electrons. The Morgan fingerprint density at radius 3 is 2.67 bits per heavy atom. The van der Waals surface area contributed by atoms with E-state index in [0.717, 1.165) is 23.1 Å². The van der Waals surface area contributed by atoms with E-state index in [0.29, 0.717) is 22.2 Å². The normalized spacial score (nSPS) is 11.4. The van der Waals surface area contributed by atoms with E-state index in [2.05, 4.69) is 10.1 Å². The number of nitro groups is 1. The Morgan fingerprint density at radius 1 is 1.17 bits per heavy atom. The number of carbonyl (C=O) groups is 1. The summed E-state index contributed by atoms with van der Waals surface area (Å²) in [6.45, 7) is 1.11. The van der Waals surface area contributed by atoms with Crippen LogP contribution in [0.4, 0.5) is 5.69 Å². The van der Waals surface area contributed by atoms with E-state index in [1.54, 1.807) is 36.4 Å². The number of halogens is 1. The van der Waals surface area contributed by atoms with Crippen LogP contribution in [0.3, 0.4) is 0 Å². The van der Waals surface area contributed by atoms with Gasteiger partial charge in [0, 0.05) is 23.9 Å². The quantitative estimate of drug-likeness (QED) is 0.106. The Kier molecular flexibility index (Phi) is 5.79. The summed E-state index contributed by atoms with van der Waals surface area (Å²) in [5.41, 5.74) is 0.256. The molecule has 178 valence electrons. The molecule has 0 aliphatic heterocycles. The van der Waals surface area contributed by atoms with E-state index in [1.165, 1.54) is 12.3 Å². The molecular weight excluding hydrogens is 488 g/mol. The van der Waals surface area contributed by atoms with Gasteiger partial charge < -0.3 is 9.15 Å². The fraction of sp³-hybridized carbons (Fsp3) is 0.0400. The molecule has 0 amide bonds. The van der Waals surface area contributed by atoms with Crippen molar-refractivity contribution in [1.29, 1.82) is 0 Å². The van der Waals surface area contributed by atoms with Crippen LogP contribution < -0.4 is 10.3 Å². The third-order valence-corrected chi connectivity index (χ3v) is 5.49. The first-order valence-electron chi connectivity index (χ1n) is 10.5. The maximum Gasteiger partial charge on any atom is 0.313 e. The molecule has 10 nitrogen and oxygen atoms in total. The molecule has 0 fully saturated rings. The monoisotopic (exact) mass is 502 g/mol. The first-order chi connectivity index (χ1) is 17.3. The predicted octanol–water partition coefficient (Wildman–Crippen LogP) is 5.18. The number of hydrogen-bond donors (Lipinski definition) is 0. The molecule has 0 N–H and O–H groups in total. The van der Waals surface area contributed by atoms with Gasteiger partial charge in [0.2, 0.25) is 11.6 Å². The van der Waals surface area contributed by atoms with Gasteiger partial charge in [0.05, 0.1) is 27.1 Å². The lowest BCUT2D eigenvalue weighted by atomic mass is 10.2. The third-order valence-electron chi connectivity index (χ3n) is 5.21. The molecule has 0 bridgehead atoms.